The average Bonchev–Trinajstić information content (AvgIpc) is 2.82. The highest BCUT2D eigenvalue weighted by Crippen LogP contribution is 2.23. The third-order valence-electron chi connectivity index (χ3n) is 5.43. The van der Waals surface area contributed by atoms with Gasteiger partial charge in [-0.25, -0.2) is 13.2 Å². The zero-order valence-electron chi connectivity index (χ0n) is 19.9. The van der Waals surface area contributed by atoms with Crippen molar-refractivity contribution in [2.75, 3.05) is 44.6 Å². The minimum Gasteiger partial charge on any atom is -0.497 e. The van der Waals surface area contributed by atoms with Gasteiger partial charge in [-0.3, -0.25) is 9.52 Å². The van der Waals surface area contributed by atoms with Gasteiger partial charge >= 0.3 is 6.09 Å². The standard InChI is InChI=1S/C24H31N3O6S/c1-17(2)16-33-24(29)27-13-11-26(12-14-27)23(28)19-6-5-18(3)22(15-19)34(30,31)25-20-7-9-21(32-4)10-8-20/h5-10,15,17,25H,11-14,16H2,1-4H3. The molecular weight excluding hydrogens is 458 g/mol. The quantitative estimate of drug-likeness (QED) is 0.640. The number of ether oxygens (including phenoxy) is 2. The molecule has 0 atom stereocenters. The summed E-state index contributed by atoms with van der Waals surface area (Å²) in [6.45, 7) is 7.36. The fraction of sp³-hybridized carbons (Fsp3) is 0.417. The molecule has 2 aromatic carbocycles. The second kappa shape index (κ2) is 10.8. The third kappa shape index (κ3) is 6.19. The molecule has 1 N–H and O–H groups in total. The van der Waals surface area contributed by atoms with Crippen LogP contribution in [0.2, 0.25) is 0 Å². The van der Waals surface area contributed by atoms with Crippen LogP contribution in [0.4, 0.5) is 10.5 Å². The molecule has 34 heavy (non-hydrogen) atoms. The van der Waals surface area contributed by atoms with E-state index in [1.807, 2.05) is 13.8 Å². The smallest absolute Gasteiger partial charge is 0.409 e. The van der Waals surface area contributed by atoms with Gasteiger partial charge < -0.3 is 19.3 Å². The molecule has 0 radical (unpaired) electrons. The number of piperazine rings is 1. The van der Waals surface area contributed by atoms with Crippen LogP contribution >= 0.6 is 0 Å². The molecular formula is C24H31N3O6S. The normalized spacial score (nSPS) is 14.1. The first-order valence-electron chi connectivity index (χ1n) is 11.1. The number of hydrogen-bond donors (Lipinski definition) is 1. The minimum absolute atomic E-state index is 0.0325. The molecule has 0 saturated carbocycles. The van der Waals surface area contributed by atoms with Crippen LogP contribution in [0.25, 0.3) is 0 Å². The van der Waals surface area contributed by atoms with Crippen molar-refractivity contribution in [3.05, 3.63) is 53.6 Å². The largest absolute Gasteiger partial charge is 0.497 e. The second-order valence-corrected chi connectivity index (χ2v) is 10.2. The topological polar surface area (TPSA) is 105 Å². The van der Waals surface area contributed by atoms with E-state index in [4.69, 9.17) is 9.47 Å². The summed E-state index contributed by atoms with van der Waals surface area (Å²) in [5.41, 5.74) is 1.18. The van der Waals surface area contributed by atoms with Crippen molar-refractivity contribution in [3.63, 3.8) is 0 Å². The number of rotatable bonds is 7. The number of sulfonamides is 1. The van der Waals surface area contributed by atoms with E-state index < -0.39 is 10.0 Å². The molecule has 2 aromatic rings. The first-order valence-corrected chi connectivity index (χ1v) is 12.6. The molecule has 0 unspecified atom stereocenters. The van der Waals surface area contributed by atoms with Crippen LogP contribution in [-0.2, 0) is 14.8 Å². The molecule has 0 spiro atoms. The molecule has 10 heteroatoms. The van der Waals surface area contributed by atoms with Gasteiger partial charge in [-0.15, -0.1) is 0 Å². The lowest BCUT2D eigenvalue weighted by Crippen LogP contribution is -2.50. The highest BCUT2D eigenvalue weighted by Gasteiger charge is 2.27. The van der Waals surface area contributed by atoms with Crippen molar-refractivity contribution in [2.24, 2.45) is 5.92 Å². The van der Waals surface area contributed by atoms with Gasteiger partial charge in [0.25, 0.3) is 15.9 Å². The van der Waals surface area contributed by atoms with E-state index in [1.54, 1.807) is 53.1 Å². The molecule has 0 bridgehead atoms. The molecule has 1 fully saturated rings. The lowest BCUT2D eigenvalue weighted by molar-refractivity contribution is 0.0535. The third-order valence-corrected chi connectivity index (χ3v) is 6.96. The molecule has 1 saturated heterocycles. The van der Waals surface area contributed by atoms with Crippen LogP contribution in [0.3, 0.4) is 0 Å². The van der Waals surface area contributed by atoms with Gasteiger partial charge in [0, 0.05) is 37.4 Å². The van der Waals surface area contributed by atoms with Crippen molar-refractivity contribution >= 4 is 27.7 Å². The van der Waals surface area contributed by atoms with Gasteiger partial charge in [-0.2, -0.15) is 0 Å². The highest BCUT2D eigenvalue weighted by atomic mass is 32.2. The Balaban J connectivity index is 1.69. The summed E-state index contributed by atoms with van der Waals surface area (Å²) in [6, 6.07) is 11.2. The van der Waals surface area contributed by atoms with Crippen molar-refractivity contribution in [1.29, 1.82) is 0 Å². The molecule has 184 valence electrons. The van der Waals surface area contributed by atoms with Gasteiger partial charge in [-0.1, -0.05) is 19.9 Å². The monoisotopic (exact) mass is 489 g/mol. The van der Waals surface area contributed by atoms with Crippen LogP contribution < -0.4 is 9.46 Å². The summed E-state index contributed by atoms with van der Waals surface area (Å²) < 4.78 is 39.0. The number of benzene rings is 2. The molecule has 9 nitrogen and oxygen atoms in total. The summed E-state index contributed by atoms with van der Waals surface area (Å²) in [7, 11) is -2.38. The van der Waals surface area contributed by atoms with Gasteiger partial charge in [0.1, 0.15) is 5.75 Å². The van der Waals surface area contributed by atoms with Crippen LogP contribution in [0.15, 0.2) is 47.4 Å². The second-order valence-electron chi connectivity index (χ2n) is 8.56. The van der Waals surface area contributed by atoms with Gasteiger partial charge in [0.05, 0.1) is 18.6 Å². The van der Waals surface area contributed by atoms with E-state index in [1.165, 1.54) is 13.2 Å². The number of carbonyl (C=O) groups excluding carboxylic acids is 2. The zero-order valence-corrected chi connectivity index (χ0v) is 20.7. The van der Waals surface area contributed by atoms with E-state index in [-0.39, 0.29) is 28.4 Å². The number of aryl methyl sites for hydroxylation is 1. The van der Waals surface area contributed by atoms with Gasteiger partial charge in [0.2, 0.25) is 0 Å². The Kier molecular flexibility index (Phi) is 8.03. The lowest BCUT2D eigenvalue weighted by atomic mass is 10.1. The molecule has 0 aromatic heterocycles. The SMILES string of the molecule is COc1ccc(NS(=O)(=O)c2cc(C(=O)N3CCN(C(=O)OCC(C)C)CC3)ccc2C)cc1. The van der Waals surface area contributed by atoms with E-state index in [0.717, 1.165) is 0 Å². The van der Waals surface area contributed by atoms with Crippen LogP contribution in [0.5, 0.6) is 5.75 Å². The van der Waals surface area contributed by atoms with Crippen LogP contribution in [0.1, 0.15) is 29.8 Å². The van der Waals surface area contributed by atoms with Crippen LogP contribution in [0, 0.1) is 12.8 Å². The molecule has 3 rings (SSSR count). The summed E-state index contributed by atoms with van der Waals surface area (Å²) in [4.78, 5) is 28.4. The highest BCUT2D eigenvalue weighted by molar-refractivity contribution is 7.92. The number of carbonyl (C=O) groups is 2. The molecule has 1 aliphatic rings. The van der Waals surface area contributed by atoms with E-state index >= 15 is 0 Å². The Labute approximate surface area is 200 Å². The minimum atomic E-state index is -3.91. The Morgan fingerprint density at radius 3 is 2.21 bits per heavy atom. The van der Waals surface area contributed by atoms with Crippen molar-refractivity contribution < 1.29 is 27.5 Å². The predicted octanol–water partition coefficient (Wildman–Crippen LogP) is 3.35. The lowest BCUT2D eigenvalue weighted by Gasteiger charge is -2.34. The summed E-state index contributed by atoms with van der Waals surface area (Å²) in [5.74, 6) is 0.578. The Hall–Kier alpha value is -3.27. The first kappa shape index (κ1) is 25.4. The Bertz CT molecular complexity index is 1120. The average molecular weight is 490 g/mol. The summed E-state index contributed by atoms with van der Waals surface area (Å²) in [6.07, 6.45) is -0.380. The van der Waals surface area contributed by atoms with Gasteiger partial charge in [0.15, 0.2) is 0 Å². The Morgan fingerprint density at radius 2 is 1.62 bits per heavy atom. The predicted molar refractivity (Wildman–Crippen MR) is 129 cm³/mol. The maximum atomic E-state index is 13.1. The number of hydrogen-bond acceptors (Lipinski definition) is 6. The maximum absolute atomic E-state index is 13.1. The number of nitrogens with zero attached hydrogens (tertiary/aromatic N) is 2. The van der Waals surface area contributed by atoms with Crippen LogP contribution in [-0.4, -0.2) is 70.1 Å². The van der Waals surface area contributed by atoms with E-state index in [0.29, 0.717) is 49.8 Å². The summed E-state index contributed by atoms with van der Waals surface area (Å²) >= 11 is 0. The molecule has 2 amide bonds. The molecule has 1 aliphatic heterocycles. The molecule has 0 aliphatic carbocycles. The van der Waals surface area contributed by atoms with Gasteiger partial charge in [-0.05, 0) is 54.8 Å². The zero-order chi connectivity index (χ0) is 24.9. The molecule has 1 heterocycles. The van der Waals surface area contributed by atoms with Crippen molar-refractivity contribution in [2.45, 2.75) is 25.7 Å². The number of amides is 2. The van der Waals surface area contributed by atoms with Crippen molar-refractivity contribution in [1.82, 2.24) is 9.80 Å². The number of anilines is 1. The fourth-order valence-electron chi connectivity index (χ4n) is 3.50. The maximum Gasteiger partial charge on any atom is 0.409 e. The number of methoxy groups -OCH3 is 1. The van der Waals surface area contributed by atoms with E-state index in [2.05, 4.69) is 4.72 Å². The van der Waals surface area contributed by atoms with E-state index in [9.17, 15) is 18.0 Å². The summed E-state index contributed by atoms with van der Waals surface area (Å²) in [5, 5.41) is 0. The number of nitrogens with one attached hydrogen (secondary N) is 1. The Morgan fingerprint density at radius 1 is 1.00 bits per heavy atom. The fourth-order valence-corrected chi connectivity index (χ4v) is 4.83. The van der Waals surface area contributed by atoms with Crippen molar-refractivity contribution in [3.8, 4) is 5.75 Å². The first-order chi connectivity index (χ1) is 16.1.